The summed E-state index contributed by atoms with van der Waals surface area (Å²) in [4.78, 5) is 0. The standard InChI is InChI=1S/C16H23NO/c17-16-7-3-6-13-8-9-14(10-15(13)16)18-11-12-4-1-2-5-12/h8-10,12,16H,1-7,11,17H2. The van der Waals surface area contributed by atoms with Crippen molar-refractivity contribution in [2.75, 3.05) is 6.61 Å². The van der Waals surface area contributed by atoms with E-state index in [1.807, 2.05) is 0 Å². The Morgan fingerprint density at radius 1 is 1.11 bits per heavy atom. The molecule has 0 saturated heterocycles. The number of ether oxygens (including phenoxy) is 1. The Kier molecular flexibility index (Phi) is 3.55. The van der Waals surface area contributed by atoms with Crippen molar-refractivity contribution < 1.29 is 4.74 Å². The zero-order valence-corrected chi connectivity index (χ0v) is 11.0. The molecular formula is C16H23NO. The highest BCUT2D eigenvalue weighted by Gasteiger charge is 2.18. The van der Waals surface area contributed by atoms with Crippen LogP contribution in [0.25, 0.3) is 0 Å². The van der Waals surface area contributed by atoms with Gasteiger partial charge in [0.1, 0.15) is 5.75 Å². The molecule has 1 fully saturated rings. The maximum atomic E-state index is 6.18. The summed E-state index contributed by atoms with van der Waals surface area (Å²) in [6, 6.07) is 6.71. The smallest absolute Gasteiger partial charge is 0.119 e. The van der Waals surface area contributed by atoms with Crippen LogP contribution < -0.4 is 10.5 Å². The van der Waals surface area contributed by atoms with E-state index in [9.17, 15) is 0 Å². The van der Waals surface area contributed by atoms with Gasteiger partial charge in [-0.15, -0.1) is 0 Å². The largest absolute Gasteiger partial charge is 0.493 e. The molecule has 1 saturated carbocycles. The van der Waals surface area contributed by atoms with Crippen molar-refractivity contribution in [1.82, 2.24) is 0 Å². The van der Waals surface area contributed by atoms with Crippen LogP contribution in [0.3, 0.4) is 0 Å². The first-order valence-corrected chi connectivity index (χ1v) is 7.34. The van der Waals surface area contributed by atoms with Crippen molar-refractivity contribution in [2.45, 2.75) is 51.0 Å². The minimum atomic E-state index is 0.212. The normalized spacial score (nSPS) is 23.9. The van der Waals surface area contributed by atoms with Crippen LogP contribution in [0.1, 0.15) is 55.7 Å². The predicted octanol–water partition coefficient (Wildman–Crippen LogP) is 3.59. The van der Waals surface area contributed by atoms with Crippen molar-refractivity contribution >= 4 is 0 Å². The second-order valence-corrected chi connectivity index (χ2v) is 5.82. The van der Waals surface area contributed by atoms with Crippen LogP contribution in [0.5, 0.6) is 5.75 Å². The van der Waals surface area contributed by atoms with Crippen molar-refractivity contribution in [3.8, 4) is 5.75 Å². The van der Waals surface area contributed by atoms with E-state index in [4.69, 9.17) is 10.5 Å². The molecule has 2 heteroatoms. The van der Waals surface area contributed by atoms with Crippen molar-refractivity contribution in [3.63, 3.8) is 0 Å². The fourth-order valence-electron chi connectivity index (χ4n) is 3.29. The second kappa shape index (κ2) is 5.31. The summed E-state index contributed by atoms with van der Waals surface area (Å²) in [6.07, 6.45) is 8.93. The quantitative estimate of drug-likeness (QED) is 0.883. The number of hydrogen-bond acceptors (Lipinski definition) is 2. The molecule has 2 aliphatic carbocycles. The van der Waals surface area contributed by atoms with E-state index in [0.29, 0.717) is 0 Å². The minimum Gasteiger partial charge on any atom is -0.493 e. The van der Waals surface area contributed by atoms with Gasteiger partial charge in [0.25, 0.3) is 0 Å². The number of nitrogens with two attached hydrogens (primary N) is 1. The van der Waals surface area contributed by atoms with Crippen LogP contribution in [-0.4, -0.2) is 6.61 Å². The van der Waals surface area contributed by atoms with Crippen molar-refractivity contribution in [3.05, 3.63) is 29.3 Å². The van der Waals surface area contributed by atoms with E-state index >= 15 is 0 Å². The third-order valence-corrected chi connectivity index (χ3v) is 4.44. The molecule has 2 aliphatic rings. The van der Waals surface area contributed by atoms with E-state index in [1.54, 1.807) is 0 Å². The highest BCUT2D eigenvalue weighted by atomic mass is 16.5. The van der Waals surface area contributed by atoms with Gasteiger partial charge in [-0.3, -0.25) is 0 Å². The average Bonchev–Trinajstić information content (AvgIpc) is 2.90. The van der Waals surface area contributed by atoms with E-state index < -0.39 is 0 Å². The van der Waals surface area contributed by atoms with Gasteiger partial charge < -0.3 is 10.5 Å². The number of benzene rings is 1. The van der Waals surface area contributed by atoms with E-state index in [1.165, 1.54) is 49.7 Å². The topological polar surface area (TPSA) is 35.2 Å². The van der Waals surface area contributed by atoms with Gasteiger partial charge in [0.05, 0.1) is 6.61 Å². The molecule has 2 N–H and O–H groups in total. The molecule has 0 aliphatic heterocycles. The van der Waals surface area contributed by atoms with Crippen molar-refractivity contribution in [2.24, 2.45) is 11.7 Å². The molecule has 0 spiro atoms. The number of aryl methyl sites for hydroxylation is 1. The fourth-order valence-corrected chi connectivity index (χ4v) is 3.29. The molecule has 1 unspecified atom stereocenters. The molecule has 3 rings (SSSR count). The van der Waals surface area contributed by atoms with Gasteiger partial charge >= 0.3 is 0 Å². The van der Waals surface area contributed by atoms with E-state index in [0.717, 1.165) is 24.7 Å². The minimum absolute atomic E-state index is 0.212. The summed E-state index contributed by atoms with van der Waals surface area (Å²) in [5, 5.41) is 0. The van der Waals surface area contributed by atoms with Crippen molar-refractivity contribution in [1.29, 1.82) is 0 Å². The average molecular weight is 245 g/mol. The van der Waals surface area contributed by atoms with Gasteiger partial charge in [-0.25, -0.2) is 0 Å². The van der Waals surface area contributed by atoms with Gasteiger partial charge in [-0.1, -0.05) is 18.9 Å². The predicted molar refractivity (Wildman–Crippen MR) is 73.8 cm³/mol. The lowest BCUT2D eigenvalue weighted by Gasteiger charge is -2.23. The Morgan fingerprint density at radius 3 is 2.78 bits per heavy atom. The molecule has 0 amide bonds. The van der Waals surface area contributed by atoms with Gasteiger partial charge in [-0.05, 0) is 61.3 Å². The molecule has 0 aromatic heterocycles. The Bertz CT molecular complexity index is 410. The summed E-state index contributed by atoms with van der Waals surface area (Å²) >= 11 is 0. The van der Waals surface area contributed by atoms with E-state index in [-0.39, 0.29) is 6.04 Å². The summed E-state index contributed by atoms with van der Waals surface area (Å²) in [7, 11) is 0. The molecule has 1 atom stereocenters. The molecule has 98 valence electrons. The van der Waals surface area contributed by atoms with Gasteiger partial charge in [0.15, 0.2) is 0 Å². The maximum absolute atomic E-state index is 6.18. The number of fused-ring (bicyclic) bond motifs is 1. The molecule has 2 nitrogen and oxygen atoms in total. The van der Waals surface area contributed by atoms with Gasteiger partial charge in [-0.2, -0.15) is 0 Å². The molecule has 1 aromatic carbocycles. The first-order chi connectivity index (χ1) is 8.83. The van der Waals surface area contributed by atoms with Crippen LogP contribution in [0.15, 0.2) is 18.2 Å². The lowest BCUT2D eigenvalue weighted by atomic mass is 9.88. The van der Waals surface area contributed by atoms with Gasteiger partial charge in [0.2, 0.25) is 0 Å². The Hall–Kier alpha value is -1.02. The summed E-state index contributed by atoms with van der Waals surface area (Å²) < 4.78 is 5.95. The molecule has 0 bridgehead atoms. The fraction of sp³-hybridized carbons (Fsp3) is 0.625. The first-order valence-electron chi connectivity index (χ1n) is 7.34. The second-order valence-electron chi connectivity index (χ2n) is 5.82. The lowest BCUT2D eigenvalue weighted by Crippen LogP contribution is -2.17. The van der Waals surface area contributed by atoms with Gasteiger partial charge in [0, 0.05) is 6.04 Å². The van der Waals surface area contributed by atoms with Crippen LogP contribution in [0.4, 0.5) is 0 Å². The maximum Gasteiger partial charge on any atom is 0.119 e. The summed E-state index contributed by atoms with van der Waals surface area (Å²) in [5.74, 6) is 1.78. The number of hydrogen-bond donors (Lipinski definition) is 1. The lowest BCUT2D eigenvalue weighted by molar-refractivity contribution is 0.251. The third kappa shape index (κ3) is 2.54. The molecule has 0 heterocycles. The Balaban J connectivity index is 1.67. The molecular weight excluding hydrogens is 222 g/mol. The highest BCUT2D eigenvalue weighted by molar-refractivity contribution is 5.39. The van der Waals surface area contributed by atoms with Crippen LogP contribution >= 0.6 is 0 Å². The summed E-state index contributed by atoms with van der Waals surface area (Å²) in [5.41, 5.74) is 8.91. The molecule has 18 heavy (non-hydrogen) atoms. The molecule has 1 aromatic rings. The SMILES string of the molecule is NC1CCCc2ccc(OCC3CCCC3)cc21. The first kappa shape index (κ1) is 12.0. The number of rotatable bonds is 3. The van der Waals surface area contributed by atoms with E-state index in [2.05, 4.69) is 18.2 Å². The molecule has 0 radical (unpaired) electrons. The third-order valence-electron chi connectivity index (χ3n) is 4.44. The zero-order valence-electron chi connectivity index (χ0n) is 11.0. The highest BCUT2D eigenvalue weighted by Crippen LogP contribution is 2.31. The van der Waals surface area contributed by atoms with Crippen LogP contribution in [-0.2, 0) is 6.42 Å². The van der Waals surface area contributed by atoms with Crippen LogP contribution in [0, 0.1) is 5.92 Å². The van der Waals surface area contributed by atoms with Crippen LogP contribution in [0.2, 0.25) is 0 Å². The summed E-state index contributed by atoms with van der Waals surface area (Å²) in [6.45, 7) is 0.883. The Morgan fingerprint density at radius 2 is 1.94 bits per heavy atom. The Labute approximate surface area is 110 Å². The monoisotopic (exact) mass is 245 g/mol. The zero-order chi connectivity index (χ0) is 12.4.